The van der Waals surface area contributed by atoms with Crippen molar-refractivity contribution in [2.24, 2.45) is 5.16 Å². The average molecular weight is 458 g/mol. The molecule has 1 aliphatic heterocycles. The largest absolute Gasteiger partial charge is 0.465 e. The maximum Gasteiger partial charge on any atom is 0.458 e. The van der Waals surface area contributed by atoms with Crippen LogP contribution in [0.25, 0.3) is 0 Å². The molecule has 0 amide bonds. The zero-order valence-electron chi connectivity index (χ0n) is 16.0. The highest BCUT2D eigenvalue weighted by molar-refractivity contribution is 7.89. The number of alkyl halides is 3. The molecular formula is C19H17F3N2O6S. The summed E-state index contributed by atoms with van der Waals surface area (Å²) in [4.78, 5) is 15.5. The van der Waals surface area contributed by atoms with Crippen LogP contribution < -0.4 is 4.72 Å². The van der Waals surface area contributed by atoms with Crippen molar-refractivity contribution in [3.63, 3.8) is 0 Å². The number of benzene rings is 2. The molecule has 2 aromatic carbocycles. The van der Waals surface area contributed by atoms with Crippen molar-refractivity contribution in [1.29, 1.82) is 0 Å². The highest BCUT2D eigenvalue weighted by atomic mass is 32.2. The molecule has 0 radical (unpaired) electrons. The van der Waals surface area contributed by atoms with E-state index >= 15 is 0 Å². The molecule has 12 heteroatoms. The molecule has 1 aliphatic rings. The Labute approximate surface area is 175 Å². The van der Waals surface area contributed by atoms with E-state index in [1.807, 2.05) is 0 Å². The van der Waals surface area contributed by atoms with Crippen LogP contribution in [0.2, 0.25) is 0 Å². The highest BCUT2D eigenvalue weighted by Crippen LogP contribution is 2.38. The molecule has 0 spiro atoms. The molecule has 8 nitrogen and oxygen atoms in total. The van der Waals surface area contributed by atoms with E-state index < -0.39 is 34.4 Å². The number of aliphatic hydroxyl groups is 1. The van der Waals surface area contributed by atoms with Crippen LogP contribution in [0.15, 0.2) is 58.6 Å². The number of methoxy groups -OCH3 is 1. The fourth-order valence-corrected chi connectivity index (χ4v) is 3.71. The number of esters is 1. The summed E-state index contributed by atoms with van der Waals surface area (Å²) in [7, 11) is -2.66. The molecule has 0 aromatic heterocycles. The molecule has 0 fully saturated rings. The van der Waals surface area contributed by atoms with E-state index in [-0.39, 0.29) is 22.7 Å². The third kappa shape index (κ3) is 4.86. The first kappa shape index (κ1) is 22.7. The van der Waals surface area contributed by atoms with Crippen LogP contribution in [0.3, 0.4) is 0 Å². The Morgan fingerprint density at radius 1 is 1.19 bits per heavy atom. The van der Waals surface area contributed by atoms with Crippen molar-refractivity contribution in [3.05, 3.63) is 65.2 Å². The molecule has 1 heterocycles. The standard InChI is InChI=1S/C19H17F3N2O6S/c1-29-17(25)14-6-8-15(9-7-14)31(27,28)23-11-12-2-4-13(5-3-12)16-10-18(26,30-24-16)19(20,21)22/h2-9,23,26H,10-11H2,1H3. The Bertz CT molecular complexity index is 1100. The second-order valence-corrected chi connectivity index (χ2v) is 8.39. The lowest BCUT2D eigenvalue weighted by atomic mass is 10.0. The van der Waals surface area contributed by atoms with E-state index in [1.165, 1.54) is 55.6 Å². The minimum atomic E-state index is -4.99. The van der Waals surface area contributed by atoms with Gasteiger partial charge in [0.15, 0.2) is 0 Å². The van der Waals surface area contributed by atoms with Crippen molar-refractivity contribution >= 4 is 21.7 Å². The minimum Gasteiger partial charge on any atom is -0.465 e. The van der Waals surface area contributed by atoms with Crippen LogP contribution in [0.4, 0.5) is 13.2 Å². The van der Waals surface area contributed by atoms with Gasteiger partial charge >= 0.3 is 17.9 Å². The number of nitrogens with one attached hydrogen (secondary N) is 1. The Kier molecular flexibility index (Phi) is 6.07. The molecule has 166 valence electrons. The molecule has 2 N–H and O–H groups in total. The Hall–Kier alpha value is -2.96. The molecule has 0 saturated heterocycles. The fraction of sp³-hybridized carbons (Fsp3) is 0.263. The van der Waals surface area contributed by atoms with Gasteiger partial charge in [-0.3, -0.25) is 0 Å². The molecule has 31 heavy (non-hydrogen) atoms. The van der Waals surface area contributed by atoms with Crippen LogP contribution in [0, 0.1) is 0 Å². The lowest BCUT2D eigenvalue weighted by Crippen LogP contribution is -2.45. The minimum absolute atomic E-state index is 0.0549. The molecule has 0 aliphatic carbocycles. The van der Waals surface area contributed by atoms with Crippen LogP contribution in [-0.4, -0.2) is 44.3 Å². The van der Waals surface area contributed by atoms with Crippen LogP contribution in [0.5, 0.6) is 0 Å². The third-order valence-corrected chi connectivity index (χ3v) is 5.91. The maximum absolute atomic E-state index is 12.8. The summed E-state index contributed by atoms with van der Waals surface area (Å²) in [5, 5.41) is 12.8. The first-order valence-corrected chi connectivity index (χ1v) is 10.2. The smallest absolute Gasteiger partial charge is 0.458 e. The van der Waals surface area contributed by atoms with Gasteiger partial charge in [0.1, 0.15) is 0 Å². The van der Waals surface area contributed by atoms with E-state index in [0.717, 1.165) is 0 Å². The SMILES string of the molecule is COC(=O)c1ccc(S(=O)(=O)NCc2ccc(C3=NOC(O)(C(F)(F)F)C3)cc2)cc1. The first-order valence-electron chi connectivity index (χ1n) is 8.77. The van der Waals surface area contributed by atoms with Gasteiger partial charge in [-0.05, 0) is 35.4 Å². The van der Waals surface area contributed by atoms with Gasteiger partial charge in [-0.25, -0.2) is 17.9 Å². The van der Waals surface area contributed by atoms with Crippen LogP contribution in [0.1, 0.15) is 27.9 Å². The molecule has 1 unspecified atom stereocenters. The monoisotopic (exact) mass is 458 g/mol. The van der Waals surface area contributed by atoms with Gasteiger partial charge in [0.25, 0.3) is 0 Å². The summed E-state index contributed by atoms with van der Waals surface area (Å²) < 4.78 is 70.1. The zero-order valence-corrected chi connectivity index (χ0v) is 16.8. The summed E-state index contributed by atoms with van der Waals surface area (Å²) in [6.07, 6.45) is -5.85. The third-order valence-electron chi connectivity index (χ3n) is 4.50. The van der Waals surface area contributed by atoms with Crippen molar-refractivity contribution < 1.29 is 41.1 Å². The fourth-order valence-electron chi connectivity index (χ4n) is 2.69. The summed E-state index contributed by atoms with van der Waals surface area (Å²) in [6.45, 7) is -0.0865. The predicted octanol–water partition coefficient (Wildman–Crippen LogP) is 2.33. The van der Waals surface area contributed by atoms with Crippen molar-refractivity contribution in [2.45, 2.75) is 29.8 Å². The molecule has 0 saturated carbocycles. The Morgan fingerprint density at radius 2 is 1.81 bits per heavy atom. The number of oxime groups is 1. The highest BCUT2D eigenvalue weighted by Gasteiger charge is 2.60. The number of carbonyl (C=O) groups excluding carboxylic acids is 1. The van der Waals surface area contributed by atoms with E-state index in [2.05, 4.69) is 19.5 Å². The number of sulfonamides is 1. The normalized spacial score (nSPS) is 18.9. The Morgan fingerprint density at radius 3 is 2.32 bits per heavy atom. The predicted molar refractivity (Wildman–Crippen MR) is 101 cm³/mol. The number of hydrogen-bond donors (Lipinski definition) is 2. The average Bonchev–Trinajstić information content (AvgIpc) is 3.16. The van der Waals surface area contributed by atoms with Gasteiger partial charge in [0, 0.05) is 6.54 Å². The summed E-state index contributed by atoms with van der Waals surface area (Å²) >= 11 is 0. The lowest BCUT2D eigenvalue weighted by molar-refractivity contribution is -0.355. The van der Waals surface area contributed by atoms with Crippen molar-refractivity contribution in [3.8, 4) is 0 Å². The molecular weight excluding hydrogens is 441 g/mol. The quantitative estimate of drug-likeness (QED) is 0.643. The number of halogens is 3. The zero-order chi connectivity index (χ0) is 22.9. The van der Waals surface area contributed by atoms with E-state index in [0.29, 0.717) is 11.1 Å². The first-order chi connectivity index (χ1) is 14.4. The number of carbonyl (C=O) groups is 1. The molecule has 3 rings (SSSR count). The van der Waals surface area contributed by atoms with Gasteiger partial charge < -0.3 is 14.7 Å². The summed E-state index contributed by atoms with van der Waals surface area (Å²) in [5.74, 6) is -3.96. The molecule has 0 bridgehead atoms. The van der Waals surface area contributed by atoms with Gasteiger partial charge in [-0.2, -0.15) is 13.2 Å². The maximum atomic E-state index is 12.8. The second kappa shape index (κ2) is 8.29. The van der Waals surface area contributed by atoms with E-state index in [1.54, 1.807) is 0 Å². The second-order valence-electron chi connectivity index (χ2n) is 6.63. The van der Waals surface area contributed by atoms with Gasteiger partial charge in [0.2, 0.25) is 10.0 Å². The van der Waals surface area contributed by atoms with Crippen molar-refractivity contribution in [1.82, 2.24) is 4.72 Å². The van der Waals surface area contributed by atoms with Crippen LogP contribution >= 0.6 is 0 Å². The number of hydrogen-bond acceptors (Lipinski definition) is 7. The summed E-state index contributed by atoms with van der Waals surface area (Å²) in [6, 6.07) is 11.1. The topological polar surface area (TPSA) is 114 Å². The van der Waals surface area contributed by atoms with Gasteiger partial charge in [-0.1, -0.05) is 29.4 Å². The van der Waals surface area contributed by atoms with Crippen molar-refractivity contribution in [2.75, 3.05) is 7.11 Å². The van der Waals surface area contributed by atoms with Crippen LogP contribution in [-0.2, 0) is 26.1 Å². The molecule has 2 aromatic rings. The lowest BCUT2D eigenvalue weighted by Gasteiger charge is -2.22. The number of ether oxygens (including phenoxy) is 1. The summed E-state index contributed by atoms with van der Waals surface area (Å²) in [5.41, 5.74) is 0.945. The van der Waals surface area contributed by atoms with E-state index in [4.69, 9.17) is 0 Å². The van der Waals surface area contributed by atoms with Gasteiger partial charge in [0.05, 0.1) is 29.7 Å². The van der Waals surface area contributed by atoms with Gasteiger partial charge in [-0.15, -0.1) is 0 Å². The Balaban J connectivity index is 1.63. The van der Waals surface area contributed by atoms with E-state index in [9.17, 15) is 31.5 Å². The number of rotatable bonds is 6. The molecule has 1 atom stereocenters. The number of nitrogens with zero attached hydrogens (tertiary/aromatic N) is 1.